The van der Waals surface area contributed by atoms with Crippen LogP contribution in [0.5, 0.6) is 0 Å². The molecule has 1 atom stereocenters. The Morgan fingerprint density at radius 1 is 1.67 bits per heavy atom. The molecule has 0 radical (unpaired) electrons. The van der Waals surface area contributed by atoms with E-state index in [1.807, 2.05) is 25.1 Å². The minimum absolute atomic E-state index is 0.589. The van der Waals surface area contributed by atoms with Gasteiger partial charge in [-0.25, -0.2) is 0 Å². The Bertz CT molecular complexity index is 282. The summed E-state index contributed by atoms with van der Waals surface area (Å²) in [6, 6.07) is 5.71. The maximum Gasteiger partial charge on any atom is 0.0800 e. The highest BCUT2D eigenvalue weighted by Gasteiger charge is 2.15. The van der Waals surface area contributed by atoms with Crippen LogP contribution in [0.3, 0.4) is 0 Å². The number of nitrogens with zero attached hydrogens (tertiary/aromatic N) is 1. The molecule has 0 saturated heterocycles. The number of terminal acetylenes is 1. The van der Waals surface area contributed by atoms with Crippen LogP contribution < -0.4 is 5.73 Å². The summed E-state index contributed by atoms with van der Waals surface area (Å²) < 4.78 is 0. The van der Waals surface area contributed by atoms with Crippen molar-refractivity contribution in [2.45, 2.75) is 18.9 Å². The first-order chi connectivity index (χ1) is 5.64. The van der Waals surface area contributed by atoms with Crippen molar-refractivity contribution in [3.05, 3.63) is 30.1 Å². The maximum absolute atomic E-state index is 5.77. The van der Waals surface area contributed by atoms with E-state index in [9.17, 15) is 0 Å². The molecule has 1 aromatic heterocycles. The van der Waals surface area contributed by atoms with Gasteiger partial charge in [-0.2, -0.15) is 0 Å². The Kier molecular flexibility index (Phi) is 2.47. The van der Waals surface area contributed by atoms with E-state index in [4.69, 9.17) is 12.2 Å². The molecule has 2 nitrogen and oxygen atoms in total. The van der Waals surface area contributed by atoms with Crippen molar-refractivity contribution in [2.24, 2.45) is 5.73 Å². The minimum Gasteiger partial charge on any atom is -0.315 e. The van der Waals surface area contributed by atoms with Gasteiger partial charge in [0.25, 0.3) is 0 Å². The van der Waals surface area contributed by atoms with Gasteiger partial charge in [0.1, 0.15) is 0 Å². The summed E-state index contributed by atoms with van der Waals surface area (Å²) in [7, 11) is 0. The molecular formula is C10H12N2. The van der Waals surface area contributed by atoms with Gasteiger partial charge in [0.05, 0.1) is 5.54 Å². The molecule has 0 aliphatic carbocycles. The summed E-state index contributed by atoms with van der Waals surface area (Å²) in [6.45, 7) is 1.82. The van der Waals surface area contributed by atoms with Crippen LogP contribution in [-0.2, 0) is 6.42 Å². The van der Waals surface area contributed by atoms with E-state index < -0.39 is 5.54 Å². The van der Waals surface area contributed by atoms with Gasteiger partial charge >= 0.3 is 0 Å². The molecule has 1 rings (SSSR count). The summed E-state index contributed by atoms with van der Waals surface area (Å²) in [6.07, 6.45) is 7.60. The Morgan fingerprint density at radius 3 is 2.92 bits per heavy atom. The molecule has 0 amide bonds. The van der Waals surface area contributed by atoms with Gasteiger partial charge in [-0.05, 0) is 19.1 Å². The SMILES string of the molecule is C#CC(C)(N)Cc1ccccn1. The molecule has 1 unspecified atom stereocenters. The molecule has 0 spiro atoms. The fraction of sp³-hybridized carbons (Fsp3) is 0.300. The minimum atomic E-state index is -0.589. The Morgan fingerprint density at radius 2 is 2.42 bits per heavy atom. The van der Waals surface area contributed by atoms with Gasteiger partial charge in [0, 0.05) is 18.3 Å². The molecule has 0 aliphatic heterocycles. The smallest absolute Gasteiger partial charge is 0.0800 e. The monoisotopic (exact) mass is 160 g/mol. The zero-order valence-electron chi connectivity index (χ0n) is 7.12. The standard InChI is InChI=1S/C10H12N2/c1-3-10(2,11)8-9-6-4-5-7-12-9/h1,4-7H,8,11H2,2H3. The lowest BCUT2D eigenvalue weighted by Gasteiger charge is -2.16. The van der Waals surface area contributed by atoms with Crippen LogP contribution in [0.2, 0.25) is 0 Å². The molecule has 0 aliphatic rings. The van der Waals surface area contributed by atoms with Crippen LogP contribution in [0.4, 0.5) is 0 Å². The fourth-order valence-corrected chi connectivity index (χ4v) is 0.930. The highest BCUT2D eigenvalue weighted by molar-refractivity contribution is 5.16. The van der Waals surface area contributed by atoms with Crippen LogP contribution in [-0.4, -0.2) is 10.5 Å². The second-order valence-corrected chi connectivity index (χ2v) is 3.06. The number of hydrogen-bond acceptors (Lipinski definition) is 2. The highest BCUT2D eigenvalue weighted by Crippen LogP contribution is 2.06. The van der Waals surface area contributed by atoms with E-state index in [2.05, 4.69) is 10.9 Å². The maximum atomic E-state index is 5.77. The molecule has 2 N–H and O–H groups in total. The molecule has 0 fully saturated rings. The number of pyridine rings is 1. The lowest BCUT2D eigenvalue weighted by atomic mass is 9.98. The molecule has 0 bridgehead atoms. The number of aromatic nitrogens is 1. The molecule has 1 aromatic rings. The second kappa shape index (κ2) is 3.38. The zero-order valence-corrected chi connectivity index (χ0v) is 7.12. The van der Waals surface area contributed by atoms with Crippen LogP contribution in [0.1, 0.15) is 12.6 Å². The van der Waals surface area contributed by atoms with Gasteiger partial charge in [0.15, 0.2) is 0 Å². The van der Waals surface area contributed by atoms with Crippen LogP contribution in [0.25, 0.3) is 0 Å². The van der Waals surface area contributed by atoms with Crippen LogP contribution in [0.15, 0.2) is 24.4 Å². The first-order valence-corrected chi connectivity index (χ1v) is 3.80. The predicted octanol–water partition coefficient (Wildman–Crippen LogP) is 0.975. The molecule has 2 heteroatoms. The zero-order chi connectivity index (χ0) is 9.03. The molecule has 1 heterocycles. The summed E-state index contributed by atoms with van der Waals surface area (Å²) in [5.74, 6) is 2.53. The Labute approximate surface area is 72.8 Å². The number of hydrogen-bond donors (Lipinski definition) is 1. The lowest BCUT2D eigenvalue weighted by Crippen LogP contribution is -2.36. The van der Waals surface area contributed by atoms with Crippen molar-refractivity contribution in [2.75, 3.05) is 0 Å². The summed E-state index contributed by atoms with van der Waals surface area (Å²) in [5.41, 5.74) is 6.11. The van der Waals surface area contributed by atoms with E-state index in [1.165, 1.54) is 0 Å². The largest absolute Gasteiger partial charge is 0.315 e. The predicted molar refractivity (Wildman–Crippen MR) is 49.4 cm³/mol. The van der Waals surface area contributed by atoms with Gasteiger partial charge in [-0.1, -0.05) is 12.0 Å². The van der Waals surface area contributed by atoms with Crippen molar-refractivity contribution in [3.8, 4) is 12.3 Å². The Hall–Kier alpha value is -1.33. The third kappa shape index (κ3) is 2.37. The average Bonchev–Trinajstić information content (AvgIpc) is 2.06. The summed E-state index contributed by atoms with van der Waals surface area (Å²) >= 11 is 0. The highest BCUT2D eigenvalue weighted by atomic mass is 14.7. The Balaban J connectivity index is 2.72. The average molecular weight is 160 g/mol. The molecule has 0 aromatic carbocycles. The quantitative estimate of drug-likeness (QED) is 0.655. The van der Waals surface area contributed by atoms with E-state index in [-0.39, 0.29) is 0 Å². The van der Waals surface area contributed by atoms with E-state index in [0.29, 0.717) is 6.42 Å². The van der Waals surface area contributed by atoms with Crippen molar-refractivity contribution in [1.29, 1.82) is 0 Å². The molecule has 62 valence electrons. The van der Waals surface area contributed by atoms with E-state index in [1.54, 1.807) is 6.20 Å². The fourth-order valence-electron chi connectivity index (χ4n) is 0.930. The third-order valence-electron chi connectivity index (χ3n) is 1.60. The topological polar surface area (TPSA) is 38.9 Å². The van der Waals surface area contributed by atoms with Crippen molar-refractivity contribution in [1.82, 2.24) is 4.98 Å². The van der Waals surface area contributed by atoms with Gasteiger partial charge in [-0.3, -0.25) is 4.98 Å². The molecular weight excluding hydrogens is 148 g/mol. The molecule has 0 saturated carbocycles. The van der Waals surface area contributed by atoms with Gasteiger partial charge < -0.3 is 5.73 Å². The van der Waals surface area contributed by atoms with Crippen LogP contribution >= 0.6 is 0 Å². The summed E-state index contributed by atoms with van der Waals surface area (Å²) in [5, 5.41) is 0. The summed E-state index contributed by atoms with van der Waals surface area (Å²) in [4.78, 5) is 4.14. The lowest BCUT2D eigenvalue weighted by molar-refractivity contribution is 0.595. The van der Waals surface area contributed by atoms with E-state index >= 15 is 0 Å². The van der Waals surface area contributed by atoms with E-state index in [0.717, 1.165) is 5.69 Å². The molecule has 12 heavy (non-hydrogen) atoms. The van der Waals surface area contributed by atoms with Crippen LogP contribution in [0, 0.1) is 12.3 Å². The van der Waals surface area contributed by atoms with Crippen molar-refractivity contribution >= 4 is 0 Å². The number of nitrogens with two attached hydrogens (primary N) is 1. The van der Waals surface area contributed by atoms with Crippen molar-refractivity contribution in [3.63, 3.8) is 0 Å². The first kappa shape index (κ1) is 8.76. The number of rotatable bonds is 2. The second-order valence-electron chi connectivity index (χ2n) is 3.06. The first-order valence-electron chi connectivity index (χ1n) is 3.80. The van der Waals surface area contributed by atoms with Gasteiger partial charge in [-0.15, -0.1) is 6.42 Å². The van der Waals surface area contributed by atoms with Crippen molar-refractivity contribution < 1.29 is 0 Å². The third-order valence-corrected chi connectivity index (χ3v) is 1.60. The van der Waals surface area contributed by atoms with Gasteiger partial charge in [0.2, 0.25) is 0 Å². The normalized spacial score (nSPS) is 14.8.